The summed E-state index contributed by atoms with van der Waals surface area (Å²) in [6.45, 7) is 4.71. The summed E-state index contributed by atoms with van der Waals surface area (Å²) in [6, 6.07) is 14.1. The van der Waals surface area contributed by atoms with Gasteiger partial charge in [-0.15, -0.1) is 0 Å². The van der Waals surface area contributed by atoms with E-state index in [9.17, 15) is 9.59 Å². The standard InChI is InChI=1S/C25H26N2O5/c1-30-18-9-7-17(8-10-18)22-21-23(28)19-5-2-3-6-20(19)32-24(21)25(29)27(22)12-4-11-26-13-15-31-16-14-26/h2-3,5-10,22H,4,11-16H2,1H3/t22-/m1/s1. The molecule has 1 fully saturated rings. The maximum Gasteiger partial charge on any atom is 0.290 e. The van der Waals surface area contributed by atoms with E-state index >= 15 is 0 Å². The van der Waals surface area contributed by atoms with Gasteiger partial charge in [0.2, 0.25) is 5.76 Å². The van der Waals surface area contributed by atoms with Crippen LogP contribution in [0.1, 0.15) is 34.1 Å². The van der Waals surface area contributed by atoms with Crippen molar-refractivity contribution >= 4 is 16.9 Å². The second-order valence-electron chi connectivity index (χ2n) is 8.15. The molecule has 7 nitrogen and oxygen atoms in total. The minimum absolute atomic E-state index is 0.147. The summed E-state index contributed by atoms with van der Waals surface area (Å²) in [6.07, 6.45) is 0.806. The third-order valence-corrected chi connectivity index (χ3v) is 6.28. The molecule has 166 valence electrons. The molecule has 1 saturated heterocycles. The van der Waals surface area contributed by atoms with Gasteiger partial charge in [-0.25, -0.2) is 0 Å². The van der Waals surface area contributed by atoms with Gasteiger partial charge in [0.15, 0.2) is 5.43 Å². The molecule has 32 heavy (non-hydrogen) atoms. The highest BCUT2D eigenvalue weighted by Gasteiger charge is 2.42. The molecule has 0 unspecified atom stereocenters. The Bertz CT molecular complexity index is 1180. The molecule has 0 bridgehead atoms. The number of ether oxygens (including phenoxy) is 2. The van der Waals surface area contributed by atoms with E-state index < -0.39 is 6.04 Å². The summed E-state index contributed by atoms with van der Waals surface area (Å²) >= 11 is 0. The summed E-state index contributed by atoms with van der Waals surface area (Å²) in [5.41, 5.74) is 1.58. The van der Waals surface area contributed by atoms with Gasteiger partial charge in [0, 0.05) is 26.2 Å². The summed E-state index contributed by atoms with van der Waals surface area (Å²) in [4.78, 5) is 31.0. The van der Waals surface area contributed by atoms with Crippen LogP contribution in [0.4, 0.5) is 0 Å². The Morgan fingerprint density at radius 1 is 1.00 bits per heavy atom. The Kier molecular flexibility index (Phi) is 5.68. The SMILES string of the molecule is COc1ccc([C@@H]2c3c(oc4ccccc4c3=O)C(=O)N2CCCN2CCOCC2)cc1. The predicted octanol–water partition coefficient (Wildman–Crippen LogP) is 3.07. The second-order valence-corrected chi connectivity index (χ2v) is 8.15. The molecule has 0 radical (unpaired) electrons. The number of carbonyl (C=O) groups excluding carboxylic acids is 1. The molecule has 0 spiro atoms. The lowest BCUT2D eigenvalue weighted by molar-refractivity contribution is 0.0353. The van der Waals surface area contributed by atoms with E-state index in [1.807, 2.05) is 30.3 Å². The average Bonchev–Trinajstić information content (AvgIpc) is 3.12. The van der Waals surface area contributed by atoms with E-state index in [-0.39, 0.29) is 17.1 Å². The summed E-state index contributed by atoms with van der Waals surface area (Å²) in [5.74, 6) is 0.647. The number of para-hydroxylation sites is 1. The third kappa shape index (κ3) is 3.67. The third-order valence-electron chi connectivity index (χ3n) is 6.28. The molecule has 3 heterocycles. The Hall–Kier alpha value is -3.16. The number of fused-ring (bicyclic) bond motifs is 2. The Morgan fingerprint density at radius 2 is 1.75 bits per heavy atom. The maximum atomic E-state index is 13.5. The van der Waals surface area contributed by atoms with Crippen LogP contribution in [0, 0.1) is 0 Å². The van der Waals surface area contributed by atoms with E-state index in [0.29, 0.717) is 23.1 Å². The van der Waals surface area contributed by atoms with Crippen molar-refractivity contribution in [3.63, 3.8) is 0 Å². The van der Waals surface area contributed by atoms with Crippen molar-refractivity contribution in [3.05, 3.63) is 75.6 Å². The number of amides is 1. The minimum Gasteiger partial charge on any atom is -0.497 e. The molecule has 1 atom stereocenters. The number of carbonyl (C=O) groups is 1. The molecular weight excluding hydrogens is 408 g/mol. The van der Waals surface area contributed by atoms with E-state index in [1.165, 1.54) is 0 Å². The Labute approximate surface area is 186 Å². The molecule has 7 heteroatoms. The largest absolute Gasteiger partial charge is 0.497 e. The zero-order chi connectivity index (χ0) is 22.1. The molecule has 1 aromatic heterocycles. The molecule has 1 amide bonds. The first-order chi connectivity index (χ1) is 15.7. The highest BCUT2D eigenvalue weighted by molar-refractivity contribution is 5.99. The zero-order valence-corrected chi connectivity index (χ0v) is 18.1. The highest BCUT2D eigenvalue weighted by Crippen LogP contribution is 2.38. The summed E-state index contributed by atoms with van der Waals surface area (Å²) in [7, 11) is 1.61. The number of methoxy groups -OCH3 is 1. The second kappa shape index (κ2) is 8.76. The number of nitrogens with zero attached hydrogens (tertiary/aromatic N) is 2. The minimum atomic E-state index is -0.478. The van der Waals surface area contributed by atoms with Crippen molar-refractivity contribution in [2.45, 2.75) is 12.5 Å². The van der Waals surface area contributed by atoms with Crippen LogP contribution in [0.2, 0.25) is 0 Å². The van der Waals surface area contributed by atoms with Crippen LogP contribution >= 0.6 is 0 Å². The average molecular weight is 434 g/mol. The van der Waals surface area contributed by atoms with Crippen LogP contribution in [-0.2, 0) is 4.74 Å². The number of benzene rings is 2. The van der Waals surface area contributed by atoms with Gasteiger partial charge in [-0.05, 0) is 36.2 Å². The summed E-state index contributed by atoms with van der Waals surface area (Å²) < 4.78 is 16.7. The predicted molar refractivity (Wildman–Crippen MR) is 120 cm³/mol. The molecule has 2 aromatic carbocycles. The number of hydrogen-bond donors (Lipinski definition) is 0. The van der Waals surface area contributed by atoms with E-state index in [2.05, 4.69) is 4.90 Å². The number of rotatable bonds is 6. The molecule has 2 aliphatic heterocycles. The van der Waals surface area contributed by atoms with E-state index in [4.69, 9.17) is 13.9 Å². The Morgan fingerprint density at radius 3 is 2.50 bits per heavy atom. The monoisotopic (exact) mass is 434 g/mol. The van der Waals surface area contributed by atoms with Gasteiger partial charge in [-0.2, -0.15) is 0 Å². The molecular formula is C25H26N2O5. The highest BCUT2D eigenvalue weighted by atomic mass is 16.5. The fourth-order valence-electron chi connectivity index (χ4n) is 4.62. The first kappa shape index (κ1) is 20.7. The van der Waals surface area contributed by atoms with Crippen LogP contribution in [0.5, 0.6) is 5.75 Å². The lowest BCUT2D eigenvalue weighted by Crippen LogP contribution is -2.38. The molecule has 0 saturated carbocycles. The van der Waals surface area contributed by atoms with Crippen LogP contribution in [0.3, 0.4) is 0 Å². The van der Waals surface area contributed by atoms with Crippen molar-refractivity contribution in [2.75, 3.05) is 46.5 Å². The Balaban J connectivity index is 1.51. The van der Waals surface area contributed by atoms with Gasteiger partial charge in [0.05, 0.1) is 37.3 Å². The van der Waals surface area contributed by atoms with Crippen molar-refractivity contribution in [1.29, 1.82) is 0 Å². The zero-order valence-electron chi connectivity index (χ0n) is 18.1. The van der Waals surface area contributed by atoms with Crippen molar-refractivity contribution < 1.29 is 18.7 Å². The van der Waals surface area contributed by atoms with Crippen LogP contribution < -0.4 is 10.2 Å². The maximum absolute atomic E-state index is 13.5. The topological polar surface area (TPSA) is 72.2 Å². The van der Waals surface area contributed by atoms with Crippen molar-refractivity contribution in [3.8, 4) is 5.75 Å². The molecule has 0 N–H and O–H groups in total. The fraction of sp³-hybridized carbons (Fsp3) is 0.360. The number of morpholine rings is 1. The fourth-order valence-corrected chi connectivity index (χ4v) is 4.62. The molecule has 5 rings (SSSR count). The van der Waals surface area contributed by atoms with Gasteiger partial charge in [0.1, 0.15) is 11.3 Å². The van der Waals surface area contributed by atoms with Crippen molar-refractivity contribution in [1.82, 2.24) is 9.80 Å². The van der Waals surface area contributed by atoms with Gasteiger partial charge >= 0.3 is 0 Å². The molecule has 0 aliphatic carbocycles. The van der Waals surface area contributed by atoms with Gasteiger partial charge in [-0.3, -0.25) is 14.5 Å². The smallest absolute Gasteiger partial charge is 0.290 e. The quantitative estimate of drug-likeness (QED) is 0.594. The molecule has 2 aliphatic rings. The van der Waals surface area contributed by atoms with Gasteiger partial charge < -0.3 is 18.8 Å². The number of hydrogen-bond acceptors (Lipinski definition) is 6. The van der Waals surface area contributed by atoms with Gasteiger partial charge in [0.25, 0.3) is 5.91 Å². The molecule has 3 aromatic rings. The van der Waals surface area contributed by atoms with Crippen LogP contribution in [0.25, 0.3) is 11.0 Å². The van der Waals surface area contributed by atoms with Gasteiger partial charge in [-0.1, -0.05) is 24.3 Å². The first-order valence-corrected chi connectivity index (χ1v) is 11.0. The van der Waals surface area contributed by atoms with Crippen LogP contribution in [-0.4, -0.2) is 62.2 Å². The van der Waals surface area contributed by atoms with Crippen LogP contribution in [0.15, 0.2) is 57.7 Å². The van der Waals surface area contributed by atoms with E-state index in [1.54, 1.807) is 30.2 Å². The lowest BCUT2D eigenvalue weighted by atomic mass is 9.98. The van der Waals surface area contributed by atoms with Crippen molar-refractivity contribution in [2.24, 2.45) is 0 Å². The summed E-state index contributed by atoms with van der Waals surface area (Å²) in [5, 5.41) is 0.493. The first-order valence-electron chi connectivity index (χ1n) is 11.0. The lowest BCUT2D eigenvalue weighted by Gasteiger charge is -2.29. The van der Waals surface area contributed by atoms with E-state index in [0.717, 1.165) is 50.6 Å². The normalized spacial score (nSPS) is 18.8.